The second kappa shape index (κ2) is 4.90. The van der Waals surface area contributed by atoms with Crippen LogP contribution in [-0.4, -0.2) is 11.8 Å². The Morgan fingerprint density at radius 2 is 2.11 bits per heavy atom. The Bertz CT molecular complexity index is 427. The van der Waals surface area contributed by atoms with Crippen molar-refractivity contribution in [1.29, 1.82) is 0 Å². The number of nitrogens with one attached hydrogen (secondary N) is 1. The number of hydrogen-bond donors (Lipinski definition) is 1. The van der Waals surface area contributed by atoms with Crippen LogP contribution in [0.3, 0.4) is 0 Å². The van der Waals surface area contributed by atoms with Crippen LogP contribution in [0.4, 0.5) is 0 Å². The first-order valence-corrected chi connectivity index (χ1v) is 8.10. The fourth-order valence-electron chi connectivity index (χ4n) is 3.43. The summed E-state index contributed by atoms with van der Waals surface area (Å²) in [6.07, 6.45) is 5.45. The van der Waals surface area contributed by atoms with E-state index in [0.29, 0.717) is 17.5 Å². The van der Waals surface area contributed by atoms with Gasteiger partial charge in [-0.3, -0.25) is 0 Å². The SMILES string of the molecule is CC1(C)CCCC(NC2CSc3ccccc32)C1. The Balaban J connectivity index is 1.68. The summed E-state index contributed by atoms with van der Waals surface area (Å²) in [5, 5.41) is 3.91. The summed E-state index contributed by atoms with van der Waals surface area (Å²) >= 11 is 2.00. The summed E-state index contributed by atoms with van der Waals surface area (Å²) in [6.45, 7) is 4.83. The van der Waals surface area contributed by atoms with Crippen molar-refractivity contribution in [3.8, 4) is 0 Å². The Morgan fingerprint density at radius 1 is 1.28 bits per heavy atom. The van der Waals surface area contributed by atoms with Gasteiger partial charge in [-0.15, -0.1) is 11.8 Å². The minimum atomic E-state index is 0.529. The molecule has 1 fully saturated rings. The van der Waals surface area contributed by atoms with Crippen LogP contribution in [0.15, 0.2) is 29.2 Å². The largest absolute Gasteiger partial charge is 0.306 e. The monoisotopic (exact) mass is 261 g/mol. The van der Waals surface area contributed by atoms with Crippen LogP contribution >= 0.6 is 11.8 Å². The number of thioether (sulfide) groups is 1. The van der Waals surface area contributed by atoms with Gasteiger partial charge in [-0.1, -0.05) is 38.5 Å². The van der Waals surface area contributed by atoms with Crippen molar-refractivity contribution in [2.24, 2.45) is 5.41 Å². The van der Waals surface area contributed by atoms with Crippen LogP contribution < -0.4 is 5.32 Å². The first-order valence-electron chi connectivity index (χ1n) is 7.12. The van der Waals surface area contributed by atoms with E-state index in [4.69, 9.17) is 0 Å². The van der Waals surface area contributed by atoms with E-state index in [-0.39, 0.29) is 0 Å². The zero-order chi connectivity index (χ0) is 12.6. The molecule has 0 saturated heterocycles. The van der Waals surface area contributed by atoms with E-state index in [1.165, 1.54) is 41.9 Å². The third-order valence-corrected chi connectivity index (χ3v) is 5.52. The quantitative estimate of drug-likeness (QED) is 0.847. The van der Waals surface area contributed by atoms with E-state index in [9.17, 15) is 0 Å². The standard InChI is InChI=1S/C16H23NS/c1-16(2)9-5-6-12(10-16)17-14-11-18-15-8-4-3-7-13(14)15/h3-4,7-8,12,14,17H,5-6,9-11H2,1-2H3. The van der Waals surface area contributed by atoms with E-state index in [1.54, 1.807) is 0 Å². The second-order valence-corrected chi connectivity index (χ2v) is 7.59. The molecule has 1 aromatic rings. The van der Waals surface area contributed by atoms with Crippen LogP contribution in [0.2, 0.25) is 0 Å². The lowest BCUT2D eigenvalue weighted by Crippen LogP contribution is -2.39. The minimum Gasteiger partial charge on any atom is -0.306 e. The molecule has 0 radical (unpaired) electrons. The van der Waals surface area contributed by atoms with Gasteiger partial charge in [0.05, 0.1) is 0 Å². The highest BCUT2D eigenvalue weighted by Gasteiger charge is 2.31. The zero-order valence-electron chi connectivity index (χ0n) is 11.4. The summed E-state index contributed by atoms with van der Waals surface area (Å²) in [6, 6.07) is 10.2. The summed E-state index contributed by atoms with van der Waals surface area (Å²) in [5.74, 6) is 1.20. The lowest BCUT2D eigenvalue weighted by atomic mass is 9.75. The molecule has 0 bridgehead atoms. The highest BCUT2D eigenvalue weighted by atomic mass is 32.2. The molecule has 0 amide bonds. The van der Waals surface area contributed by atoms with E-state index < -0.39 is 0 Å². The predicted octanol–water partition coefficient (Wildman–Crippen LogP) is 4.39. The predicted molar refractivity (Wildman–Crippen MR) is 79.1 cm³/mol. The third kappa shape index (κ3) is 2.60. The van der Waals surface area contributed by atoms with Gasteiger partial charge >= 0.3 is 0 Å². The lowest BCUT2D eigenvalue weighted by molar-refractivity contribution is 0.191. The molecular formula is C16H23NS. The van der Waals surface area contributed by atoms with Gasteiger partial charge in [0, 0.05) is 22.7 Å². The Hall–Kier alpha value is -0.470. The van der Waals surface area contributed by atoms with Crippen molar-refractivity contribution in [1.82, 2.24) is 5.32 Å². The van der Waals surface area contributed by atoms with Gasteiger partial charge in [0.2, 0.25) is 0 Å². The van der Waals surface area contributed by atoms with Gasteiger partial charge in [0.15, 0.2) is 0 Å². The minimum absolute atomic E-state index is 0.529. The van der Waals surface area contributed by atoms with Gasteiger partial charge < -0.3 is 5.32 Å². The molecule has 1 nitrogen and oxygen atoms in total. The molecule has 0 spiro atoms. The smallest absolute Gasteiger partial charge is 0.0428 e. The Morgan fingerprint density at radius 3 is 2.94 bits per heavy atom. The van der Waals surface area contributed by atoms with Crippen molar-refractivity contribution in [2.45, 2.75) is 56.5 Å². The molecule has 1 aromatic carbocycles. The van der Waals surface area contributed by atoms with Crippen molar-refractivity contribution in [2.75, 3.05) is 5.75 Å². The Labute approximate surface area is 115 Å². The average molecular weight is 261 g/mol. The lowest BCUT2D eigenvalue weighted by Gasteiger charge is -2.37. The molecular weight excluding hydrogens is 238 g/mol. The fraction of sp³-hybridized carbons (Fsp3) is 0.625. The first-order chi connectivity index (χ1) is 8.64. The maximum atomic E-state index is 3.91. The maximum absolute atomic E-state index is 3.91. The molecule has 1 saturated carbocycles. The average Bonchev–Trinajstić information content (AvgIpc) is 2.72. The molecule has 0 aromatic heterocycles. The highest BCUT2D eigenvalue weighted by Crippen LogP contribution is 2.40. The topological polar surface area (TPSA) is 12.0 Å². The maximum Gasteiger partial charge on any atom is 0.0428 e. The number of fused-ring (bicyclic) bond motifs is 1. The van der Waals surface area contributed by atoms with Crippen molar-refractivity contribution in [3.05, 3.63) is 29.8 Å². The van der Waals surface area contributed by atoms with Gasteiger partial charge in [0.25, 0.3) is 0 Å². The number of hydrogen-bond acceptors (Lipinski definition) is 2. The molecule has 2 heteroatoms. The molecule has 1 heterocycles. The van der Waals surface area contributed by atoms with E-state index in [2.05, 4.69) is 43.4 Å². The fourth-order valence-corrected chi connectivity index (χ4v) is 4.60. The van der Waals surface area contributed by atoms with Gasteiger partial charge in [0.1, 0.15) is 0 Å². The molecule has 1 aliphatic heterocycles. The summed E-state index contributed by atoms with van der Waals surface area (Å²) < 4.78 is 0. The van der Waals surface area contributed by atoms with Gasteiger partial charge in [-0.2, -0.15) is 0 Å². The third-order valence-electron chi connectivity index (χ3n) is 4.34. The molecule has 98 valence electrons. The van der Waals surface area contributed by atoms with Gasteiger partial charge in [-0.25, -0.2) is 0 Å². The summed E-state index contributed by atoms with van der Waals surface area (Å²) in [4.78, 5) is 1.48. The molecule has 2 aliphatic rings. The Kier molecular flexibility index (Phi) is 3.42. The van der Waals surface area contributed by atoms with Crippen LogP contribution in [0.1, 0.15) is 51.1 Å². The van der Waals surface area contributed by atoms with E-state index >= 15 is 0 Å². The first kappa shape index (κ1) is 12.6. The molecule has 2 atom stereocenters. The van der Waals surface area contributed by atoms with E-state index in [0.717, 1.165) is 0 Å². The highest BCUT2D eigenvalue weighted by molar-refractivity contribution is 7.99. The molecule has 18 heavy (non-hydrogen) atoms. The summed E-state index contributed by atoms with van der Waals surface area (Å²) in [7, 11) is 0. The van der Waals surface area contributed by atoms with Crippen LogP contribution in [-0.2, 0) is 0 Å². The summed E-state index contributed by atoms with van der Waals surface area (Å²) in [5.41, 5.74) is 2.05. The van der Waals surface area contributed by atoms with E-state index in [1.807, 2.05) is 11.8 Å². The molecule has 2 unspecified atom stereocenters. The normalized spacial score (nSPS) is 30.1. The van der Waals surface area contributed by atoms with Crippen molar-refractivity contribution < 1.29 is 0 Å². The second-order valence-electron chi connectivity index (χ2n) is 6.53. The van der Waals surface area contributed by atoms with Crippen LogP contribution in [0.5, 0.6) is 0 Å². The van der Waals surface area contributed by atoms with Crippen LogP contribution in [0.25, 0.3) is 0 Å². The van der Waals surface area contributed by atoms with Crippen LogP contribution in [0, 0.1) is 5.41 Å². The van der Waals surface area contributed by atoms with Crippen molar-refractivity contribution in [3.63, 3.8) is 0 Å². The van der Waals surface area contributed by atoms with Gasteiger partial charge in [-0.05, 0) is 36.3 Å². The molecule has 3 rings (SSSR count). The zero-order valence-corrected chi connectivity index (χ0v) is 12.2. The number of rotatable bonds is 2. The molecule has 1 aliphatic carbocycles. The number of benzene rings is 1. The molecule has 1 N–H and O–H groups in total. The van der Waals surface area contributed by atoms with Crippen molar-refractivity contribution >= 4 is 11.8 Å².